The van der Waals surface area contributed by atoms with Gasteiger partial charge >= 0.3 is 6.01 Å². The lowest BCUT2D eigenvalue weighted by molar-refractivity contribution is 0.0390. The Bertz CT molecular complexity index is 463. The molecule has 1 N–H and O–H groups in total. The Hall–Kier alpha value is -1.96. The highest BCUT2D eigenvalue weighted by Crippen LogP contribution is 2.17. The Morgan fingerprint density at radius 3 is 2.72 bits per heavy atom. The Morgan fingerprint density at radius 2 is 2.17 bits per heavy atom. The van der Waals surface area contributed by atoms with E-state index in [1.54, 1.807) is 4.90 Å². The van der Waals surface area contributed by atoms with Crippen LogP contribution < -0.4 is 9.64 Å². The fraction of sp³-hybridized carbons (Fsp3) is 0.600. The Balaban J connectivity index is 2.30. The Morgan fingerprint density at radius 1 is 1.39 bits per heavy atom. The number of anilines is 1. The van der Waals surface area contributed by atoms with Crippen molar-refractivity contribution in [2.75, 3.05) is 32.7 Å². The maximum Gasteiger partial charge on any atom is 0.321 e. The van der Waals surface area contributed by atoms with Crippen LogP contribution in [0.5, 0.6) is 6.01 Å². The first kappa shape index (κ1) is 12.5. The highest BCUT2D eigenvalue weighted by atomic mass is 16.6. The van der Waals surface area contributed by atoms with Gasteiger partial charge in [0.1, 0.15) is 5.71 Å². The monoisotopic (exact) mass is 253 g/mol. The van der Waals surface area contributed by atoms with Crippen LogP contribution in [0.4, 0.5) is 5.95 Å². The number of aliphatic hydroxyl groups is 1. The predicted octanol–water partition coefficient (Wildman–Crippen LogP) is -0.569. The summed E-state index contributed by atoms with van der Waals surface area (Å²) < 4.78 is 5.02. The van der Waals surface area contributed by atoms with Crippen LogP contribution in [0.15, 0.2) is 5.16 Å². The molecule has 8 nitrogen and oxygen atoms in total. The molecule has 0 saturated heterocycles. The minimum atomic E-state index is -0.328. The minimum Gasteiger partial charge on any atom is -0.467 e. The molecule has 0 aromatic carbocycles. The van der Waals surface area contributed by atoms with Gasteiger partial charge in [0.05, 0.1) is 13.7 Å². The number of hydrogen-bond donors (Lipinski definition) is 1. The SMILES string of the molecule is COc1nc(C2=NOC(CO)C2)nc(N(C)C)n1. The second-order valence-electron chi connectivity index (χ2n) is 3.99. The topological polar surface area (TPSA) is 93.0 Å². The average Bonchev–Trinajstić information content (AvgIpc) is 2.86. The van der Waals surface area contributed by atoms with Crippen LogP contribution in [0.25, 0.3) is 0 Å². The van der Waals surface area contributed by atoms with Crippen molar-refractivity contribution in [2.24, 2.45) is 5.16 Å². The van der Waals surface area contributed by atoms with Crippen molar-refractivity contribution in [1.82, 2.24) is 15.0 Å². The van der Waals surface area contributed by atoms with Crippen LogP contribution in [0.2, 0.25) is 0 Å². The molecular weight excluding hydrogens is 238 g/mol. The first-order chi connectivity index (χ1) is 8.63. The molecule has 1 aromatic rings. The van der Waals surface area contributed by atoms with Gasteiger partial charge in [-0.15, -0.1) is 0 Å². The van der Waals surface area contributed by atoms with Gasteiger partial charge in [0.2, 0.25) is 5.95 Å². The zero-order valence-electron chi connectivity index (χ0n) is 10.5. The van der Waals surface area contributed by atoms with E-state index in [-0.39, 0.29) is 18.7 Å². The molecule has 18 heavy (non-hydrogen) atoms. The summed E-state index contributed by atoms with van der Waals surface area (Å²) >= 11 is 0. The predicted molar refractivity (Wildman–Crippen MR) is 63.8 cm³/mol. The molecule has 1 atom stereocenters. The summed E-state index contributed by atoms with van der Waals surface area (Å²) in [4.78, 5) is 19.3. The second kappa shape index (κ2) is 5.13. The molecule has 1 aliphatic rings. The third-order valence-electron chi connectivity index (χ3n) is 2.38. The molecule has 2 rings (SSSR count). The van der Waals surface area contributed by atoms with Crippen LogP contribution in [0.1, 0.15) is 12.2 Å². The fourth-order valence-electron chi connectivity index (χ4n) is 1.42. The van der Waals surface area contributed by atoms with E-state index in [0.717, 1.165) is 0 Å². The number of aromatic nitrogens is 3. The number of oxime groups is 1. The first-order valence-electron chi connectivity index (χ1n) is 5.45. The van der Waals surface area contributed by atoms with Crippen molar-refractivity contribution in [3.8, 4) is 6.01 Å². The number of nitrogens with zero attached hydrogens (tertiary/aromatic N) is 5. The molecule has 0 bridgehead atoms. The van der Waals surface area contributed by atoms with Crippen LogP contribution in [0, 0.1) is 0 Å². The molecule has 0 spiro atoms. The van der Waals surface area contributed by atoms with E-state index in [2.05, 4.69) is 20.1 Å². The fourth-order valence-corrected chi connectivity index (χ4v) is 1.42. The summed E-state index contributed by atoms with van der Waals surface area (Å²) in [6.07, 6.45) is 0.141. The van der Waals surface area contributed by atoms with Gasteiger partial charge in [0.25, 0.3) is 0 Å². The Kier molecular flexibility index (Phi) is 3.56. The lowest BCUT2D eigenvalue weighted by atomic mass is 10.2. The van der Waals surface area contributed by atoms with Crippen LogP contribution in [0.3, 0.4) is 0 Å². The van der Waals surface area contributed by atoms with E-state index in [1.165, 1.54) is 7.11 Å². The van der Waals surface area contributed by atoms with Crippen molar-refractivity contribution in [3.63, 3.8) is 0 Å². The summed E-state index contributed by atoms with van der Waals surface area (Å²) in [7, 11) is 5.13. The second-order valence-corrected chi connectivity index (χ2v) is 3.99. The van der Waals surface area contributed by atoms with Gasteiger partial charge in [-0.25, -0.2) is 0 Å². The largest absolute Gasteiger partial charge is 0.467 e. The number of methoxy groups -OCH3 is 1. The number of aliphatic hydroxyl groups excluding tert-OH is 1. The maximum absolute atomic E-state index is 8.99. The quantitative estimate of drug-likeness (QED) is 0.768. The van der Waals surface area contributed by atoms with E-state index >= 15 is 0 Å². The van der Waals surface area contributed by atoms with Gasteiger partial charge in [-0.3, -0.25) is 0 Å². The normalized spacial score (nSPS) is 18.2. The van der Waals surface area contributed by atoms with E-state index in [4.69, 9.17) is 14.7 Å². The molecule has 0 amide bonds. The van der Waals surface area contributed by atoms with E-state index < -0.39 is 0 Å². The van der Waals surface area contributed by atoms with Crippen molar-refractivity contribution in [2.45, 2.75) is 12.5 Å². The van der Waals surface area contributed by atoms with Crippen LogP contribution in [-0.4, -0.2) is 59.7 Å². The van der Waals surface area contributed by atoms with Crippen molar-refractivity contribution in [3.05, 3.63) is 5.82 Å². The summed E-state index contributed by atoms with van der Waals surface area (Å²) in [5.41, 5.74) is 0.581. The minimum absolute atomic E-state index is 0.0875. The summed E-state index contributed by atoms with van der Waals surface area (Å²) in [6, 6.07) is 0.221. The third-order valence-corrected chi connectivity index (χ3v) is 2.38. The van der Waals surface area contributed by atoms with Gasteiger partial charge in [-0.1, -0.05) is 5.16 Å². The molecule has 1 aliphatic heterocycles. The van der Waals surface area contributed by atoms with Crippen LogP contribution >= 0.6 is 0 Å². The average molecular weight is 253 g/mol. The molecule has 0 aliphatic carbocycles. The van der Waals surface area contributed by atoms with Gasteiger partial charge in [-0.05, 0) is 0 Å². The molecular formula is C10H15N5O3. The summed E-state index contributed by atoms with van der Waals surface area (Å²) in [5.74, 6) is 0.883. The highest BCUT2D eigenvalue weighted by molar-refractivity contribution is 5.98. The number of rotatable bonds is 4. The van der Waals surface area contributed by atoms with Gasteiger partial charge < -0.3 is 19.6 Å². The summed E-state index contributed by atoms with van der Waals surface area (Å²) in [6.45, 7) is -0.0875. The summed E-state index contributed by atoms with van der Waals surface area (Å²) in [5, 5.41) is 12.9. The van der Waals surface area contributed by atoms with Crippen molar-refractivity contribution in [1.29, 1.82) is 0 Å². The lowest BCUT2D eigenvalue weighted by Crippen LogP contribution is -2.18. The molecule has 0 fully saturated rings. The maximum atomic E-state index is 8.99. The number of hydrogen-bond acceptors (Lipinski definition) is 8. The van der Waals surface area contributed by atoms with Crippen LogP contribution in [-0.2, 0) is 4.84 Å². The molecule has 2 heterocycles. The van der Waals surface area contributed by atoms with Crippen molar-refractivity contribution >= 4 is 11.7 Å². The molecule has 0 radical (unpaired) electrons. The zero-order valence-corrected chi connectivity index (χ0v) is 10.5. The van der Waals surface area contributed by atoms with Gasteiger partial charge in [-0.2, -0.15) is 15.0 Å². The van der Waals surface area contributed by atoms with E-state index in [9.17, 15) is 0 Å². The van der Waals surface area contributed by atoms with Crippen molar-refractivity contribution < 1.29 is 14.7 Å². The molecule has 98 valence electrons. The van der Waals surface area contributed by atoms with Gasteiger partial charge in [0.15, 0.2) is 11.9 Å². The third kappa shape index (κ3) is 2.48. The van der Waals surface area contributed by atoms with Gasteiger partial charge in [0, 0.05) is 20.5 Å². The van der Waals surface area contributed by atoms with E-state index in [0.29, 0.717) is 23.9 Å². The molecule has 1 unspecified atom stereocenters. The standard InChI is InChI=1S/C10H15N5O3/c1-15(2)9-11-8(12-10(13-9)17-3)7-4-6(5-16)18-14-7/h6,16H,4-5H2,1-3H3. The zero-order chi connectivity index (χ0) is 13.1. The Labute approximate surface area is 104 Å². The lowest BCUT2D eigenvalue weighted by Gasteiger charge is -2.11. The molecule has 1 aromatic heterocycles. The molecule has 8 heteroatoms. The van der Waals surface area contributed by atoms with E-state index in [1.807, 2.05) is 14.1 Å². The first-order valence-corrected chi connectivity index (χ1v) is 5.45. The molecule has 0 saturated carbocycles. The smallest absolute Gasteiger partial charge is 0.321 e. The highest BCUT2D eigenvalue weighted by Gasteiger charge is 2.24. The number of ether oxygens (including phenoxy) is 1.